The molecular weight excluding hydrogens is 376 g/mol. The zero-order valence-corrected chi connectivity index (χ0v) is 16.9. The van der Waals surface area contributed by atoms with E-state index in [9.17, 15) is 4.79 Å². The Kier molecular flexibility index (Phi) is 5.61. The normalized spacial score (nSPS) is 10.6. The molecule has 5 heteroatoms. The highest BCUT2D eigenvalue weighted by Gasteiger charge is 2.19. The monoisotopic (exact) mass is 398 g/mol. The number of pyridine rings is 1. The first-order valence-electron chi connectivity index (χ1n) is 9.67. The van der Waals surface area contributed by atoms with Gasteiger partial charge < -0.3 is 9.47 Å². The molecule has 0 unspecified atom stereocenters. The highest BCUT2D eigenvalue weighted by atomic mass is 16.5. The molecule has 3 aromatic carbocycles. The molecule has 0 aliphatic heterocycles. The average molecular weight is 398 g/mol. The van der Waals surface area contributed by atoms with E-state index in [-0.39, 0.29) is 12.5 Å². The van der Waals surface area contributed by atoms with Crippen LogP contribution in [0.15, 0.2) is 84.9 Å². The molecule has 1 amide bonds. The molecule has 0 radical (unpaired) electrons. The third-order valence-electron chi connectivity index (χ3n) is 4.74. The smallest absolute Gasteiger partial charge is 0.269 e. The van der Waals surface area contributed by atoms with Crippen molar-refractivity contribution >= 4 is 28.2 Å². The molecule has 0 atom stereocenters. The van der Waals surface area contributed by atoms with Crippen LogP contribution in [0.4, 0.5) is 11.4 Å². The summed E-state index contributed by atoms with van der Waals surface area (Å²) in [5.74, 6) is 1.14. The molecule has 5 nitrogen and oxygen atoms in total. The molecule has 0 saturated carbocycles. The van der Waals surface area contributed by atoms with Gasteiger partial charge in [0.1, 0.15) is 11.5 Å². The van der Waals surface area contributed by atoms with E-state index < -0.39 is 0 Å². The number of aryl methyl sites for hydroxylation is 1. The first-order chi connectivity index (χ1) is 14.7. The van der Waals surface area contributed by atoms with Crippen molar-refractivity contribution in [2.24, 2.45) is 0 Å². The van der Waals surface area contributed by atoms with Gasteiger partial charge in [-0.2, -0.15) is 0 Å². The lowest BCUT2D eigenvalue weighted by molar-refractivity contribution is -0.119. The summed E-state index contributed by atoms with van der Waals surface area (Å²) in [6, 6.07) is 26.5. The van der Waals surface area contributed by atoms with Gasteiger partial charge >= 0.3 is 0 Å². The SMILES string of the molecule is COc1ccc2nc(C)cc(OCC(=O)N(c3ccccc3)c3ccccc3)c2c1. The lowest BCUT2D eigenvalue weighted by Gasteiger charge is -2.23. The number of rotatable bonds is 6. The zero-order chi connectivity index (χ0) is 20.9. The highest BCUT2D eigenvalue weighted by Crippen LogP contribution is 2.30. The van der Waals surface area contributed by atoms with E-state index in [1.165, 1.54) is 0 Å². The minimum Gasteiger partial charge on any atom is -0.497 e. The standard InChI is InChI=1S/C25H22N2O3/c1-18-15-24(22-16-21(29-2)13-14-23(22)26-18)30-17-25(28)27(19-9-5-3-6-10-19)20-11-7-4-8-12-20/h3-16H,17H2,1-2H3. The van der Waals surface area contributed by atoms with Crippen molar-refractivity contribution in [3.05, 3.63) is 90.6 Å². The molecule has 0 saturated heterocycles. The van der Waals surface area contributed by atoms with Gasteiger partial charge in [0.25, 0.3) is 5.91 Å². The second-order valence-electron chi connectivity index (χ2n) is 6.83. The number of benzene rings is 3. The van der Waals surface area contributed by atoms with Gasteiger partial charge in [0.15, 0.2) is 6.61 Å². The number of aromatic nitrogens is 1. The predicted octanol–water partition coefficient (Wildman–Crippen LogP) is 5.30. The summed E-state index contributed by atoms with van der Waals surface area (Å²) in [5.41, 5.74) is 3.18. The fourth-order valence-corrected chi connectivity index (χ4v) is 3.34. The average Bonchev–Trinajstić information content (AvgIpc) is 2.78. The van der Waals surface area contributed by atoms with Gasteiger partial charge in [-0.15, -0.1) is 0 Å². The number of fused-ring (bicyclic) bond motifs is 1. The molecule has 30 heavy (non-hydrogen) atoms. The van der Waals surface area contributed by atoms with Crippen LogP contribution in [0.5, 0.6) is 11.5 Å². The Balaban J connectivity index is 1.64. The quantitative estimate of drug-likeness (QED) is 0.442. The number of hydrogen-bond donors (Lipinski definition) is 0. The summed E-state index contributed by atoms with van der Waals surface area (Å²) in [6.07, 6.45) is 0. The number of carbonyl (C=O) groups is 1. The second-order valence-corrected chi connectivity index (χ2v) is 6.83. The summed E-state index contributed by atoms with van der Waals surface area (Å²) in [7, 11) is 1.62. The predicted molar refractivity (Wildman–Crippen MR) is 119 cm³/mol. The van der Waals surface area contributed by atoms with Crippen molar-refractivity contribution in [3.63, 3.8) is 0 Å². The Bertz CT molecular complexity index is 1120. The lowest BCUT2D eigenvalue weighted by Crippen LogP contribution is -2.30. The molecule has 0 spiro atoms. The van der Waals surface area contributed by atoms with Crippen LogP contribution in [-0.2, 0) is 4.79 Å². The van der Waals surface area contributed by atoms with Crippen molar-refractivity contribution < 1.29 is 14.3 Å². The van der Waals surface area contributed by atoms with Crippen LogP contribution in [0.2, 0.25) is 0 Å². The van der Waals surface area contributed by atoms with E-state index >= 15 is 0 Å². The number of carbonyl (C=O) groups excluding carboxylic acids is 1. The van der Waals surface area contributed by atoms with Crippen molar-refractivity contribution in [1.29, 1.82) is 0 Å². The van der Waals surface area contributed by atoms with Gasteiger partial charge in [-0.3, -0.25) is 14.7 Å². The van der Waals surface area contributed by atoms with Crippen molar-refractivity contribution in [2.75, 3.05) is 18.6 Å². The van der Waals surface area contributed by atoms with Crippen LogP contribution in [0, 0.1) is 6.92 Å². The molecule has 0 aliphatic carbocycles. The fraction of sp³-hybridized carbons (Fsp3) is 0.120. The number of ether oxygens (including phenoxy) is 2. The molecule has 4 rings (SSSR count). The van der Waals surface area contributed by atoms with Gasteiger partial charge in [0, 0.05) is 28.5 Å². The summed E-state index contributed by atoms with van der Waals surface area (Å²) >= 11 is 0. The minimum absolute atomic E-state index is 0.112. The molecule has 0 N–H and O–H groups in total. The Morgan fingerprint density at radius 2 is 1.53 bits per heavy atom. The van der Waals surface area contributed by atoms with E-state index in [2.05, 4.69) is 4.98 Å². The first-order valence-corrected chi connectivity index (χ1v) is 9.67. The Morgan fingerprint density at radius 3 is 2.13 bits per heavy atom. The summed E-state index contributed by atoms with van der Waals surface area (Å²) in [6.45, 7) is 1.79. The van der Waals surface area contributed by atoms with E-state index in [1.54, 1.807) is 12.0 Å². The second kappa shape index (κ2) is 8.66. The molecular formula is C25H22N2O3. The first kappa shape index (κ1) is 19.5. The van der Waals surface area contributed by atoms with Crippen LogP contribution >= 0.6 is 0 Å². The van der Waals surface area contributed by atoms with Gasteiger partial charge in [0.2, 0.25) is 0 Å². The number of hydrogen-bond acceptors (Lipinski definition) is 4. The minimum atomic E-state index is -0.169. The van der Waals surface area contributed by atoms with Gasteiger partial charge in [0.05, 0.1) is 12.6 Å². The Morgan fingerprint density at radius 1 is 0.900 bits per heavy atom. The third kappa shape index (κ3) is 4.10. The van der Waals surface area contributed by atoms with E-state index in [0.29, 0.717) is 11.5 Å². The van der Waals surface area contributed by atoms with Crippen LogP contribution < -0.4 is 14.4 Å². The molecule has 0 aliphatic rings. The number of nitrogens with zero attached hydrogens (tertiary/aromatic N) is 2. The Hall–Kier alpha value is -3.86. The zero-order valence-electron chi connectivity index (χ0n) is 16.9. The summed E-state index contributed by atoms with van der Waals surface area (Å²) < 4.78 is 11.3. The highest BCUT2D eigenvalue weighted by molar-refractivity contribution is 6.01. The molecule has 1 heterocycles. The topological polar surface area (TPSA) is 51.7 Å². The molecule has 1 aromatic heterocycles. The van der Waals surface area contributed by atoms with Gasteiger partial charge in [-0.05, 0) is 49.4 Å². The van der Waals surface area contributed by atoms with E-state index in [0.717, 1.165) is 28.0 Å². The maximum Gasteiger partial charge on any atom is 0.269 e. The van der Waals surface area contributed by atoms with Crippen molar-refractivity contribution in [1.82, 2.24) is 4.98 Å². The van der Waals surface area contributed by atoms with Crippen molar-refractivity contribution in [2.45, 2.75) is 6.92 Å². The lowest BCUT2D eigenvalue weighted by atomic mass is 10.1. The van der Waals surface area contributed by atoms with E-state index in [4.69, 9.17) is 9.47 Å². The Labute approximate surface area is 175 Å². The molecule has 150 valence electrons. The number of anilines is 2. The molecule has 4 aromatic rings. The maximum absolute atomic E-state index is 13.2. The fourth-order valence-electron chi connectivity index (χ4n) is 3.34. The van der Waals surface area contributed by atoms with Crippen LogP contribution in [0.1, 0.15) is 5.69 Å². The van der Waals surface area contributed by atoms with Crippen LogP contribution in [0.25, 0.3) is 10.9 Å². The molecule has 0 fully saturated rings. The number of para-hydroxylation sites is 2. The van der Waals surface area contributed by atoms with Crippen LogP contribution in [-0.4, -0.2) is 24.6 Å². The number of methoxy groups -OCH3 is 1. The van der Waals surface area contributed by atoms with Crippen molar-refractivity contribution in [3.8, 4) is 11.5 Å². The third-order valence-corrected chi connectivity index (χ3v) is 4.74. The van der Waals surface area contributed by atoms with Crippen LogP contribution in [0.3, 0.4) is 0 Å². The van der Waals surface area contributed by atoms with Gasteiger partial charge in [-0.25, -0.2) is 0 Å². The number of amides is 1. The van der Waals surface area contributed by atoms with E-state index in [1.807, 2.05) is 91.9 Å². The largest absolute Gasteiger partial charge is 0.497 e. The van der Waals surface area contributed by atoms with Gasteiger partial charge in [-0.1, -0.05) is 36.4 Å². The maximum atomic E-state index is 13.2. The molecule has 0 bridgehead atoms. The summed E-state index contributed by atoms with van der Waals surface area (Å²) in [5, 5.41) is 0.804. The summed E-state index contributed by atoms with van der Waals surface area (Å²) in [4.78, 5) is 19.4.